The summed E-state index contributed by atoms with van der Waals surface area (Å²) in [5, 5.41) is 8.89. The highest BCUT2D eigenvalue weighted by molar-refractivity contribution is 6.28. The summed E-state index contributed by atoms with van der Waals surface area (Å²) < 4.78 is 2.11. The van der Waals surface area contributed by atoms with Crippen molar-refractivity contribution in [1.82, 2.24) is 14.8 Å². The van der Waals surface area contributed by atoms with Crippen LogP contribution < -0.4 is 0 Å². The molecule has 2 saturated carbocycles. The monoisotopic (exact) mass is 287 g/mol. The molecule has 2 aliphatic rings. The molecule has 0 atom stereocenters. The van der Waals surface area contributed by atoms with Gasteiger partial charge < -0.3 is 0 Å². The van der Waals surface area contributed by atoms with E-state index in [4.69, 9.17) is 11.6 Å². The highest BCUT2D eigenvalue weighted by Crippen LogP contribution is 2.50. The van der Waals surface area contributed by atoms with Gasteiger partial charge >= 0.3 is 0 Å². The minimum absolute atomic E-state index is 0.523. The Morgan fingerprint density at radius 1 is 1.05 bits per heavy atom. The summed E-state index contributed by atoms with van der Waals surface area (Å²) in [5.41, 5.74) is 1.09. The molecular weight excluding hydrogens is 270 g/mol. The van der Waals surface area contributed by atoms with Crippen LogP contribution in [0, 0.1) is 17.8 Å². The number of halogens is 1. The van der Waals surface area contributed by atoms with Gasteiger partial charge in [0, 0.05) is 12.1 Å². The Morgan fingerprint density at radius 2 is 1.70 bits per heavy atom. The predicted molar refractivity (Wildman–Crippen MR) is 79.4 cm³/mol. The zero-order chi connectivity index (χ0) is 13.5. The lowest BCUT2D eigenvalue weighted by molar-refractivity contribution is 0.350. The summed E-state index contributed by atoms with van der Waals surface area (Å²) in [4.78, 5) is 0. The van der Waals surface area contributed by atoms with E-state index in [0.717, 1.165) is 35.7 Å². The number of benzene rings is 1. The normalized spacial score (nSPS) is 18.7. The van der Waals surface area contributed by atoms with Crippen molar-refractivity contribution >= 4 is 11.6 Å². The van der Waals surface area contributed by atoms with Crippen molar-refractivity contribution in [3.8, 4) is 11.4 Å². The zero-order valence-electron chi connectivity index (χ0n) is 11.4. The molecule has 20 heavy (non-hydrogen) atoms. The van der Waals surface area contributed by atoms with E-state index in [1.165, 1.54) is 25.7 Å². The maximum absolute atomic E-state index is 6.28. The maximum Gasteiger partial charge on any atom is 0.225 e. The minimum atomic E-state index is 0.523. The van der Waals surface area contributed by atoms with Crippen LogP contribution in [-0.4, -0.2) is 14.8 Å². The topological polar surface area (TPSA) is 30.7 Å². The van der Waals surface area contributed by atoms with Gasteiger partial charge in [0.25, 0.3) is 0 Å². The van der Waals surface area contributed by atoms with Crippen molar-refractivity contribution in [3.63, 3.8) is 0 Å². The quantitative estimate of drug-likeness (QED) is 0.831. The molecule has 0 aliphatic heterocycles. The number of aromatic nitrogens is 3. The van der Waals surface area contributed by atoms with Crippen LogP contribution in [0.2, 0.25) is 5.28 Å². The molecule has 0 amide bonds. The van der Waals surface area contributed by atoms with Gasteiger partial charge in [-0.1, -0.05) is 30.3 Å². The fourth-order valence-corrected chi connectivity index (χ4v) is 3.38. The van der Waals surface area contributed by atoms with Crippen LogP contribution in [-0.2, 0) is 6.54 Å². The Morgan fingerprint density at radius 3 is 2.30 bits per heavy atom. The smallest absolute Gasteiger partial charge is 0.225 e. The van der Waals surface area contributed by atoms with Gasteiger partial charge in [-0.25, -0.2) is 0 Å². The van der Waals surface area contributed by atoms with Crippen LogP contribution in [0.3, 0.4) is 0 Å². The average Bonchev–Trinajstić information content (AvgIpc) is 3.37. The second kappa shape index (κ2) is 4.88. The van der Waals surface area contributed by atoms with Crippen molar-refractivity contribution in [3.05, 3.63) is 35.6 Å². The van der Waals surface area contributed by atoms with Gasteiger partial charge in [0.1, 0.15) is 0 Å². The van der Waals surface area contributed by atoms with Crippen LogP contribution >= 0.6 is 11.6 Å². The van der Waals surface area contributed by atoms with E-state index in [9.17, 15) is 0 Å². The van der Waals surface area contributed by atoms with Crippen molar-refractivity contribution < 1.29 is 0 Å². The summed E-state index contributed by atoms with van der Waals surface area (Å²) in [6.45, 7) is 0.978. The molecule has 2 fully saturated rings. The molecular formula is C16H18ClN3. The molecule has 1 aromatic carbocycles. The van der Waals surface area contributed by atoms with Crippen LogP contribution in [0.5, 0.6) is 0 Å². The second-order valence-corrected chi connectivity index (χ2v) is 6.45. The lowest BCUT2D eigenvalue weighted by atomic mass is 9.98. The molecule has 0 unspecified atom stereocenters. The first-order valence-corrected chi connectivity index (χ1v) is 7.85. The van der Waals surface area contributed by atoms with Gasteiger partial charge in [0.05, 0.1) is 0 Å². The van der Waals surface area contributed by atoms with Crippen molar-refractivity contribution in [2.75, 3.05) is 0 Å². The van der Waals surface area contributed by atoms with E-state index in [2.05, 4.69) is 26.9 Å². The Kier molecular flexibility index (Phi) is 3.03. The van der Waals surface area contributed by atoms with Gasteiger partial charge in [-0.15, -0.1) is 10.2 Å². The SMILES string of the molecule is Clc1nnc(-c2ccccc2)n1CC(C1CC1)C1CC1. The summed E-state index contributed by atoms with van der Waals surface area (Å²) >= 11 is 6.28. The first-order chi connectivity index (χ1) is 9.83. The van der Waals surface area contributed by atoms with E-state index in [0.29, 0.717) is 5.28 Å². The first-order valence-electron chi connectivity index (χ1n) is 7.47. The maximum atomic E-state index is 6.28. The third kappa shape index (κ3) is 2.35. The van der Waals surface area contributed by atoms with Gasteiger partial charge in [-0.2, -0.15) is 0 Å². The third-order valence-corrected chi connectivity index (χ3v) is 4.87. The fraction of sp³-hybridized carbons (Fsp3) is 0.500. The Balaban J connectivity index is 1.65. The van der Waals surface area contributed by atoms with Crippen LogP contribution in [0.4, 0.5) is 0 Å². The Hall–Kier alpha value is -1.35. The summed E-state index contributed by atoms with van der Waals surface area (Å²) in [7, 11) is 0. The minimum Gasteiger partial charge on any atom is -0.297 e. The molecule has 2 aliphatic carbocycles. The van der Waals surface area contributed by atoms with Gasteiger partial charge in [-0.05, 0) is 55.0 Å². The molecule has 1 aromatic heterocycles. The van der Waals surface area contributed by atoms with Gasteiger partial charge in [0.15, 0.2) is 5.82 Å². The molecule has 104 valence electrons. The molecule has 0 spiro atoms. The highest BCUT2D eigenvalue weighted by Gasteiger charge is 2.41. The van der Waals surface area contributed by atoms with Gasteiger partial charge in [0.2, 0.25) is 5.28 Å². The van der Waals surface area contributed by atoms with Crippen molar-refractivity contribution in [2.45, 2.75) is 32.2 Å². The van der Waals surface area contributed by atoms with Crippen molar-refractivity contribution in [2.24, 2.45) is 17.8 Å². The Labute approximate surface area is 124 Å². The number of hydrogen-bond donors (Lipinski definition) is 0. The number of rotatable bonds is 5. The predicted octanol–water partition coefficient (Wildman–Crippen LogP) is 4.03. The first kappa shape index (κ1) is 12.4. The molecule has 1 heterocycles. The molecule has 4 rings (SSSR count). The zero-order valence-corrected chi connectivity index (χ0v) is 12.1. The summed E-state index contributed by atoms with van der Waals surface area (Å²) in [5.74, 6) is 3.49. The summed E-state index contributed by atoms with van der Waals surface area (Å²) in [6.07, 6.45) is 5.56. The fourth-order valence-electron chi connectivity index (χ4n) is 3.19. The van der Waals surface area contributed by atoms with Gasteiger partial charge in [-0.3, -0.25) is 4.57 Å². The molecule has 4 heteroatoms. The lowest BCUT2D eigenvalue weighted by Crippen LogP contribution is -2.16. The molecule has 0 saturated heterocycles. The van der Waals surface area contributed by atoms with Crippen LogP contribution in [0.25, 0.3) is 11.4 Å². The number of nitrogens with zero attached hydrogens (tertiary/aromatic N) is 3. The standard InChI is InChI=1S/C16H18ClN3/c17-16-19-18-15(13-4-2-1-3-5-13)20(16)10-14(11-6-7-11)12-8-9-12/h1-5,11-12,14H,6-10H2. The van der Waals surface area contributed by atoms with E-state index in [1.807, 2.05) is 18.2 Å². The van der Waals surface area contributed by atoms with E-state index in [-0.39, 0.29) is 0 Å². The molecule has 0 radical (unpaired) electrons. The van der Waals surface area contributed by atoms with E-state index < -0.39 is 0 Å². The average molecular weight is 288 g/mol. The largest absolute Gasteiger partial charge is 0.297 e. The highest BCUT2D eigenvalue weighted by atomic mass is 35.5. The second-order valence-electron chi connectivity index (χ2n) is 6.11. The molecule has 2 aromatic rings. The van der Waals surface area contributed by atoms with E-state index >= 15 is 0 Å². The molecule has 3 nitrogen and oxygen atoms in total. The molecule has 0 bridgehead atoms. The Bertz CT molecular complexity index is 587. The third-order valence-electron chi connectivity index (χ3n) is 4.59. The molecule has 0 N–H and O–H groups in total. The summed E-state index contributed by atoms with van der Waals surface area (Å²) in [6, 6.07) is 10.2. The van der Waals surface area contributed by atoms with Crippen LogP contribution in [0.1, 0.15) is 25.7 Å². The lowest BCUT2D eigenvalue weighted by Gasteiger charge is -2.17. The number of hydrogen-bond acceptors (Lipinski definition) is 2. The van der Waals surface area contributed by atoms with Crippen molar-refractivity contribution in [1.29, 1.82) is 0 Å². The van der Waals surface area contributed by atoms with E-state index in [1.54, 1.807) is 0 Å². The van der Waals surface area contributed by atoms with Crippen LogP contribution in [0.15, 0.2) is 30.3 Å².